The summed E-state index contributed by atoms with van der Waals surface area (Å²) in [6.07, 6.45) is 2.14. The van der Waals surface area contributed by atoms with Gasteiger partial charge >= 0.3 is 6.03 Å². The summed E-state index contributed by atoms with van der Waals surface area (Å²) in [6, 6.07) is 7.10. The second-order valence-electron chi connectivity index (χ2n) is 6.32. The summed E-state index contributed by atoms with van der Waals surface area (Å²) in [5, 5.41) is 10.7. The number of halogens is 1. The SMILES string of the molecule is CC1CCC(c2sc(NC(=O)Nc3ccc(Cl)cc3)c(C(N)=O)[p+]2C)N1. The molecule has 1 fully saturated rings. The fraction of sp³-hybridized carbons (Fsp3) is 0.353. The average Bonchev–Trinajstić information content (AvgIpc) is 3.13. The Hall–Kier alpha value is -1.66. The zero-order chi connectivity index (χ0) is 18.8. The van der Waals surface area contributed by atoms with Gasteiger partial charge in [-0.1, -0.05) is 22.9 Å². The largest absolute Gasteiger partial charge is 0.362 e. The first-order valence-corrected chi connectivity index (χ1v) is 11.3. The van der Waals surface area contributed by atoms with E-state index in [1.54, 1.807) is 24.3 Å². The van der Waals surface area contributed by atoms with Crippen molar-refractivity contribution in [3.05, 3.63) is 39.2 Å². The Morgan fingerprint density at radius 2 is 1.96 bits per heavy atom. The van der Waals surface area contributed by atoms with Crippen LogP contribution < -0.4 is 21.7 Å². The minimum atomic E-state index is -0.833. The number of carbonyl (C=O) groups is 2. The number of carbonyl (C=O) groups excluding carboxylic acids is 2. The molecule has 1 aliphatic heterocycles. The highest BCUT2D eigenvalue weighted by Gasteiger charge is 2.37. The van der Waals surface area contributed by atoms with Crippen molar-refractivity contribution in [1.29, 1.82) is 0 Å². The minimum absolute atomic E-state index is 0.249. The molecule has 0 radical (unpaired) electrons. The first-order valence-electron chi connectivity index (χ1n) is 8.27. The van der Waals surface area contributed by atoms with Crippen molar-refractivity contribution in [1.82, 2.24) is 5.32 Å². The third-order valence-electron chi connectivity index (χ3n) is 4.32. The van der Waals surface area contributed by atoms with Crippen LogP contribution in [0.15, 0.2) is 24.3 Å². The molecule has 3 atom stereocenters. The number of benzene rings is 1. The fourth-order valence-corrected chi connectivity index (χ4v) is 7.30. The lowest BCUT2D eigenvalue weighted by molar-refractivity contribution is 0.100. The lowest BCUT2D eigenvalue weighted by atomic mass is 10.2. The monoisotopic (exact) mass is 411 g/mol. The van der Waals surface area contributed by atoms with Crippen molar-refractivity contribution in [3.8, 4) is 0 Å². The molecule has 2 aromatic rings. The predicted molar refractivity (Wildman–Crippen MR) is 110 cm³/mol. The van der Waals surface area contributed by atoms with Gasteiger partial charge in [0.2, 0.25) is 5.30 Å². The lowest BCUT2D eigenvalue weighted by Gasteiger charge is -2.06. The summed E-state index contributed by atoms with van der Waals surface area (Å²) in [7, 11) is -0.833. The minimum Gasteiger partial charge on any atom is -0.362 e. The van der Waals surface area contributed by atoms with Crippen molar-refractivity contribution in [2.24, 2.45) is 12.4 Å². The van der Waals surface area contributed by atoms with Crippen molar-refractivity contribution in [3.63, 3.8) is 0 Å². The highest BCUT2D eigenvalue weighted by molar-refractivity contribution is 7.58. The molecule has 0 saturated carbocycles. The summed E-state index contributed by atoms with van der Waals surface area (Å²) in [5.41, 5.74) is 6.21. The molecule has 9 heteroatoms. The summed E-state index contributed by atoms with van der Waals surface area (Å²) < 4.78 is 1.19. The number of nitrogens with one attached hydrogen (secondary N) is 3. The topological polar surface area (TPSA) is 96.2 Å². The van der Waals surface area contributed by atoms with Gasteiger partial charge in [0, 0.05) is 16.8 Å². The van der Waals surface area contributed by atoms with Gasteiger partial charge in [0.15, 0.2) is 17.1 Å². The van der Waals surface area contributed by atoms with E-state index < -0.39 is 19.5 Å². The number of hydrogen-bond acceptors (Lipinski definition) is 4. The summed E-state index contributed by atoms with van der Waals surface area (Å²) in [5.74, 6) is -0.478. The van der Waals surface area contributed by atoms with Gasteiger partial charge in [-0.05, 0) is 44.0 Å². The quantitative estimate of drug-likeness (QED) is 0.583. The van der Waals surface area contributed by atoms with Crippen LogP contribution in [0, 0.1) is 0 Å². The molecule has 138 valence electrons. The van der Waals surface area contributed by atoms with Gasteiger partial charge in [0.1, 0.15) is 6.66 Å². The van der Waals surface area contributed by atoms with E-state index in [-0.39, 0.29) is 6.04 Å². The maximum Gasteiger partial charge on any atom is 0.324 e. The molecule has 1 aromatic carbocycles. The Labute approximate surface area is 162 Å². The van der Waals surface area contributed by atoms with Crippen molar-refractivity contribution < 1.29 is 9.59 Å². The molecule has 6 nitrogen and oxygen atoms in total. The Kier molecular flexibility index (Phi) is 5.82. The Morgan fingerprint density at radius 1 is 1.27 bits per heavy atom. The number of amides is 3. The van der Waals surface area contributed by atoms with Crippen molar-refractivity contribution in [2.75, 3.05) is 10.6 Å². The standard InChI is InChI=1S/C17H20ClN4O2PS/c1-9-3-8-12(20-9)16-25(2)13(14(19)23)15(26-16)22-17(24)21-11-6-4-10(18)5-7-11/h4-7,9,12,20H,3,8H2,1-2H3,(H3-,19,21,22,23,24)/p+1. The van der Waals surface area contributed by atoms with E-state index >= 15 is 0 Å². The highest BCUT2D eigenvalue weighted by Crippen LogP contribution is 2.51. The Bertz CT molecular complexity index is 840. The molecular weight excluding hydrogens is 391 g/mol. The molecule has 5 N–H and O–H groups in total. The highest BCUT2D eigenvalue weighted by atomic mass is 35.5. The average molecular weight is 412 g/mol. The van der Waals surface area contributed by atoms with E-state index in [1.807, 2.05) is 6.66 Å². The molecule has 26 heavy (non-hydrogen) atoms. The smallest absolute Gasteiger partial charge is 0.324 e. The maximum atomic E-state index is 12.3. The number of urea groups is 1. The molecular formula is C17H21ClN4O2PS+. The number of primary amides is 1. The van der Waals surface area contributed by atoms with E-state index in [9.17, 15) is 9.59 Å². The number of anilines is 2. The van der Waals surface area contributed by atoms with E-state index in [2.05, 4.69) is 22.9 Å². The van der Waals surface area contributed by atoms with Gasteiger partial charge in [-0.2, -0.15) is 0 Å². The molecule has 3 rings (SSSR count). The van der Waals surface area contributed by atoms with Crippen LogP contribution in [0.5, 0.6) is 0 Å². The lowest BCUT2D eigenvalue weighted by Crippen LogP contribution is -2.21. The van der Waals surface area contributed by atoms with Gasteiger partial charge in [0.25, 0.3) is 5.91 Å². The summed E-state index contributed by atoms with van der Waals surface area (Å²) >= 11 is 7.31. The second-order valence-corrected chi connectivity index (χ2v) is 10.2. The predicted octanol–water partition coefficient (Wildman–Crippen LogP) is 4.76. The van der Waals surface area contributed by atoms with Crippen LogP contribution in [0.2, 0.25) is 5.02 Å². The normalized spacial score (nSPS) is 20.0. The van der Waals surface area contributed by atoms with Crippen LogP contribution in [0.3, 0.4) is 0 Å². The van der Waals surface area contributed by atoms with Gasteiger partial charge in [-0.25, -0.2) is 4.79 Å². The van der Waals surface area contributed by atoms with Crippen LogP contribution in [0.25, 0.3) is 0 Å². The van der Waals surface area contributed by atoms with Crippen LogP contribution >= 0.6 is 30.5 Å². The van der Waals surface area contributed by atoms with Gasteiger partial charge < -0.3 is 16.4 Å². The first kappa shape index (κ1) is 19.1. The maximum absolute atomic E-state index is 12.3. The molecule has 0 spiro atoms. The summed E-state index contributed by atoms with van der Waals surface area (Å²) in [6.45, 7) is 4.17. The Morgan fingerprint density at radius 3 is 2.54 bits per heavy atom. The van der Waals surface area contributed by atoms with Crippen molar-refractivity contribution in [2.45, 2.75) is 31.8 Å². The van der Waals surface area contributed by atoms with Crippen LogP contribution in [0.1, 0.15) is 40.5 Å². The molecule has 0 bridgehead atoms. The summed E-state index contributed by atoms with van der Waals surface area (Å²) in [4.78, 5) is 24.3. The molecule has 1 saturated heterocycles. The molecule has 1 aromatic heterocycles. The molecule has 0 aliphatic carbocycles. The van der Waals surface area contributed by atoms with E-state index in [0.717, 1.165) is 12.8 Å². The van der Waals surface area contributed by atoms with Gasteiger partial charge in [-0.3, -0.25) is 10.1 Å². The van der Waals surface area contributed by atoms with E-state index in [0.29, 0.717) is 27.0 Å². The Balaban J connectivity index is 1.81. The van der Waals surface area contributed by atoms with Crippen LogP contribution in [-0.2, 0) is 6.66 Å². The van der Waals surface area contributed by atoms with E-state index in [1.165, 1.54) is 15.9 Å². The third-order valence-corrected chi connectivity index (χ3v) is 8.91. The second kappa shape index (κ2) is 7.92. The van der Waals surface area contributed by atoms with Crippen LogP contribution in [0.4, 0.5) is 15.5 Å². The van der Waals surface area contributed by atoms with Gasteiger partial charge in [-0.15, -0.1) is 0 Å². The molecule has 1 aliphatic rings. The third kappa shape index (κ3) is 4.18. The molecule has 2 heterocycles. The molecule has 3 unspecified atom stereocenters. The van der Waals surface area contributed by atoms with Gasteiger partial charge in [0.05, 0.1) is 6.04 Å². The fourth-order valence-electron chi connectivity index (χ4n) is 3.07. The number of hydrogen-bond donors (Lipinski definition) is 4. The zero-order valence-electron chi connectivity index (χ0n) is 14.5. The number of nitrogens with two attached hydrogens (primary N) is 1. The number of rotatable bonds is 4. The van der Waals surface area contributed by atoms with Crippen molar-refractivity contribution >= 4 is 53.1 Å². The van der Waals surface area contributed by atoms with E-state index in [4.69, 9.17) is 17.3 Å². The zero-order valence-corrected chi connectivity index (χ0v) is 17.0. The first-order chi connectivity index (χ1) is 12.3. The molecule has 3 amide bonds. The van der Waals surface area contributed by atoms with Crippen LogP contribution in [-0.4, -0.2) is 18.0 Å².